The van der Waals surface area contributed by atoms with Gasteiger partial charge in [-0.3, -0.25) is 24.2 Å². The summed E-state index contributed by atoms with van der Waals surface area (Å²) in [6.45, 7) is 9.89. The molecule has 0 fully saturated rings. The number of benzene rings is 1. The predicted octanol–water partition coefficient (Wildman–Crippen LogP) is 6.29. The number of likely N-dealkylation sites (N-methyl/N-ethyl adjacent to an activating group) is 1. The predicted molar refractivity (Wildman–Crippen MR) is 200 cm³/mol. The third kappa shape index (κ3) is 6.82. The molecule has 0 saturated carbocycles. The van der Waals surface area contributed by atoms with Gasteiger partial charge in [0.05, 0.1) is 46.9 Å². The molecule has 11 nitrogen and oxygen atoms in total. The summed E-state index contributed by atoms with van der Waals surface area (Å²) in [6, 6.07) is 7.37. The molecule has 2 aliphatic heterocycles. The maximum Gasteiger partial charge on any atom is 0.246 e. The highest BCUT2D eigenvalue weighted by molar-refractivity contribution is 7.17. The molecule has 0 bridgehead atoms. The molecule has 1 aromatic carbocycles. The molecule has 6 heterocycles. The zero-order chi connectivity index (χ0) is 37.6. The van der Waals surface area contributed by atoms with Gasteiger partial charge >= 0.3 is 0 Å². The van der Waals surface area contributed by atoms with Gasteiger partial charge in [-0.25, -0.2) is 13.8 Å². The average Bonchev–Trinajstić information content (AvgIpc) is 3.81. The van der Waals surface area contributed by atoms with E-state index in [-0.39, 0.29) is 48.4 Å². The van der Waals surface area contributed by atoms with Gasteiger partial charge < -0.3 is 19.3 Å². The first-order chi connectivity index (χ1) is 25.5. The summed E-state index contributed by atoms with van der Waals surface area (Å²) in [7, 11) is 5.02. The lowest BCUT2D eigenvalue weighted by atomic mass is 9.94. The van der Waals surface area contributed by atoms with Crippen molar-refractivity contribution >= 4 is 33.2 Å². The van der Waals surface area contributed by atoms with Crippen LogP contribution in [0.3, 0.4) is 0 Å². The number of ether oxygens (including phenoxy) is 2. The van der Waals surface area contributed by atoms with Crippen LogP contribution in [0.15, 0.2) is 54.6 Å². The van der Waals surface area contributed by atoms with Crippen molar-refractivity contribution in [3.63, 3.8) is 0 Å². The highest BCUT2D eigenvalue weighted by Crippen LogP contribution is 2.47. The molecule has 0 aliphatic carbocycles. The van der Waals surface area contributed by atoms with Gasteiger partial charge in [0.25, 0.3) is 0 Å². The van der Waals surface area contributed by atoms with Crippen LogP contribution in [0.2, 0.25) is 0 Å². The van der Waals surface area contributed by atoms with Gasteiger partial charge in [-0.15, -0.1) is 11.3 Å². The molecule has 14 heteroatoms. The highest BCUT2D eigenvalue weighted by atomic mass is 32.1. The number of fused-ring (bicyclic) bond motifs is 3. The fourth-order valence-electron chi connectivity index (χ4n) is 7.16. The minimum Gasteiger partial charge on any atom is -0.490 e. The number of methoxy groups -OCH3 is 1. The number of pyridine rings is 2. The monoisotopic (exact) mass is 741 g/mol. The Balaban J connectivity index is 1.44. The van der Waals surface area contributed by atoms with Crippen LogP contribution in [0.4, 0.5) is 8.78 Å². The largest absolute Gasteiger partial charge is 0.490 e. The van der Waals surface area contributed by atoms with E-state index >= 15 is 4.39 Å². The number of carbonyl (C=O) groups excluding carboxylic acids is 2. The average molecular weight is 742 g/mol. The van der Waals surface area contributed by atoms with Gasteiger partial charge in [0.2, 0.25) is 11.8 Å². The number of halogens is 2. The van der Waals surface area contributed by atoms with Gasteiger partial charge in [0, 0.05) is 87.8 Å². The molecule has 0 spiro atoms. The summed E-state index contributed by atoms with van der Waals surface area (Å²) in [5.41, 5.74) is 5.43. The summed E-state index contributed by atoms with van der Waals surface area (Å²) >= 11 is 1.45. The molecule has 2 amide bonds. The normalized spacial score (nSPS) is 17.1. The minimum absolute atomic E-state index is 0.0131. The molecule has 5 aromatic rings. The Hall–Kier alpha value is -5.05. The van der Waals surface area contributed by atoms with Crippen molar-refractivity contribution in [2.45, 2.75) is 38.9 Å². The molecule has 0 N–H and O–H groups in total. The highest BCUT2D eigenvalue weighted by Gasteiger charge is 2.34. The SMILES string of the molecule is C=CC(=O)N1C[C@H](C)n2nc(-c3nc(-c4cnc5c(c4)CN(CC(=O)N(C)C)CC5)c4sccc4c3-c3c(F)cc(F)cc3OCCOC)cc2[C@H]1C. The molecule has 4 aromatic heterocycles. The first-order valence-corrected chi connectivity index (χ1v) is 18.3. The van der Waals surface area contributed by atoms with Gasteiger partial charge in [0.1, 0.15) is 35.4 Å². The van der Waals surface area contributed by atoms with Gasteiger partial charge in [-0.1, -0.05) is 6.58 Å². The van der Waals surface area contributed by atoms with Crippen molar-refractivity contribution in [3.05, 3.63) is 83.1 Å². The van der Waals surface area contributed by atoms with Crippen molar-refractivity contribution < 1.29 is 27.8 Å². The van der Waals surface area contributed by atoms with Crippen molar-refractivity contribution in [3.8, 4) is 39.5 Å². The molecule has 2 aliphatic rings. The lowest BCUT2D eigenvalue weighted by molar-refractivity contribution is -0.130. The fourth-order valence-corrected chi connectivity index (χ4v) is 8.07. The second kappa shape index (κ2) is 14.8. The molecule has 0 unspecified atom stereocenters. The van der Waals surface area contributed by atoms with Crippen molar-refractivity contribution in [1.29, 1.82) is 0 Å². The minimum atomic E-state index is -0.808. The van der Waals surface area contributed by atoms with E-state index in [1.807, 2.05) is 42.2 Å². The zero-order valence-electron chi connectivity index (χ0n) is 30.4. The summed E-state index contributed by atoms with van der Waals surface area (Å²) in [6.07, 6.45) is 3.82. The van der Waals surface area contributed by atoms with E-state index < -0.39 is 11.6 Å². The number of hydrogen-bond acceptors (Lipinski definition) is 9. The standard InChI is InChI=1S/C39H41F2N7O4S/c1-7-33(49)47-19-22(2)48-31(23(47)3)17-30(44-48)38-35(36-28(41)15-26(40)16-32(36)52-12-11-51-6)27-9-13-53-39(27)37(43-38)24-14-25-20-46(21-34(50)45(4)5)10-8-29(25)42-18-24/h7,9,13-18,22-23H,1,8,10-12,19-21H2,2-6H3/t22-,23+/m0/s1. The Morgan fingerprint density at radius 2 is 1.92 bits per heavy atom. The van der Waals surface area contributed by atoms with E-state index in [1.165, 1.54) is 30.6 Å². The first kappa shape index (κ1) is 36.3. The third-order valence-electron chi connectivity index (χ3n) is 9.91. The number of aromatic nitrogens is 4. The molecule has 0 radical (unpaired) electrons. The lowest BCUT2D eigenvalue weighted by Crippen LogP contribution is -2.42. The molecule has 53 heavy (non-hydrogen) atoms. The first-order valence-electron chi connectivity index (χ1n) is 17.4. The van der Waals surface area contributed by atoms with E-state index in [9.17, 15) is 14.0 Å². The Labute approximate surface area is 310 Å². The number of amides is 2. The molecule has 7 rings (SSSR count). The van der Waals surface area contributed by atoms with E-state index in [0.717, 1.165) is 39.8 Å². The molecular weight excluding hydrogens is 701 g/mol. The van der Waals surface area contributed by atoms with E-state index in [2.05, 4.69) is 17.5 Å². The maximum atomic E-state index is 16.3. The van der Waals surface area contributed by atoms with Crippen LogP contribution in [-0.2, 0) is 27.3 Å². The topological polar surface area (TPSA) is 106 Å². The molecule has 0 saturated heterocycles. The van der Waals surface area contributed by atoms with E-state index in [0.29, 0.717) is 54.1 Å². The molecule has 2 atom stereocenters. The Kier molecular flexibility index (Phi) is 10.1. The second-order valence-corrected chi connectivity index (χ2v) is 14.6. The lowest BCUT2D eigenvalue weighted by Gasteiger charge is -2.36. The number of nitrogens with zero attached hydrogens (tertiary/aromatic N) is 7. The van der Waals surface area contributed by atoms with Crippen LogP contribution in [0.1, 0.15) is 42.9 Å². The van der Waals surface area contributed by atoms with Crippen molar-refractivity contribution in [2.75, 3.05) is 54.1 Å². The summed E-state index contributed by atoms with van der Waals surface area (Å²) in [5.74, 6) is -1.73. The van der Waals surface area contributed by atoms with Gasteiger partial charge in [-0.05, 0) is 49.1 Å². The number of carbonyl (C=O) groups is 2. The van der Waals surface area contributed by atoms with Gasteiger partial charge in [-0.2, -0.15) is 5.10 Å². The van der Waals surface area contributed by atoms with Crippen LogP contribution in [0, 0.1) is 11.6 Å². The van der Waals surface area contributed by atoms with Crippen LogP contribution in [0.25, 0.3) is 43.9 Å². The smallest absolute Gasteiger partial charge is 0.246 e. The van der Waals surface area contributed by atoms with Crippen LogP contribution in [0.5, 0.6) is 5.75 Å². The van der Waals surface area contributed by atoms with Crippen molar-refractivity contribution in [2.24, 2.45) is 0 Å². The third-order valence-corrected chi connectivity index (χ3v) is 10.8. The quantitative estimate of drug-likeness (QED) is 0.122. The Morgan fingerprint density at radius 3 is 2.68 bits per heavy atom. The van der Waals surface area contributed by atoms with Crippen LogP contribution < -0.4 is 4.74 Å². The number of rotatable bonds is 10. The van der Waals surface area contributed by atoms with E-state index in [4.69, 9.17) is 24.5 Å². The Morgan fingerprint density at radius 1 is 1.11 bits per heavy atom. The second-order valence-electron chi connectivity index (χ2n) is 13.6. The number of thiophene rings is 1. The fraction of sp³-hybridized carbons (Fsp3) is 0.359. The van der Waals surface area contributed by atoms with E-state index in [1.54, 1.807) is 23.9 Å². The van der Waals surface area contributed by atoms with Gasteiger partial charge in [0.15, 0.2) is 0 Å². The molecule has 276 valence electrons. The Bertz CT molecular complexity index is 2230. The van der Waals surface area contributed by atoms with Crippen molar-refractivity contribution in [1.82, 2.24) is 34.4 Å². The molecular formula is C39H41F2N7O4S. The van der Waals surface area contributed by atoms with Crippen LogP contribution in [-0.4, -0.2) is 100 Å². The summed E-state index contributed by atoms with van der Waals surface area (Å²) in [4.78, 5) is 40.9. The maximum absolute atomic E-state index is 16.3. The summed E-state index contributed by atoms with van der Waals surface area (Å²) in [5, 5.41) is 7.63. The zero-order valence-corrected chi connectivity index (χ0v) is 31.2. The number of hydrogen-bond donors (Lipinski definition) is 0. The summed E-state index contributed by atoms with van der Waals surface area (Å²) < 4.78 is 44.8. The van der Waals surface area contributed by atoms with Crippen LogP contribution >= 0.6 is 11.3 Å².